The maximum Gasteiger partial charge on any atom is 0.161 e. The van der Waals surface area contributed by atoms with E-state index in [-0.39, 0.29) is 6.10 Å². The van der Waals surface area contributed by atoms with Gasteiger partial charge in [-0.3, -0.25) is 0 Å². The Morgan fingerprint density at radius 2 is 1.89 bits per heavy atom. The molecule has 0 amide bonds. The summed E-state index contributed by atoms with van der Waals surface area (Å²) in [5.74, 6) is 1.59. The van der Waals surface area contributed by atoms with E-state index in [1.807, 2.05) is 0 Å². The molecule has 2 heterocycles. The van der Waals surface area contributed by atoms with Crippen molar-refractivity contribution in [1.29, 1.82) is 0 Å². The Bertz CT molecular complexity index is 461. The number of benzene rings is 1. The van der Waals surface area contributed by atoms with Gasteiger partial charge in [-0.25, -0.2) is 0 Å². The molecule has 0 aromatic heterocycles. The molecule has 0 unspecified atom stereocenters. The lowest BCUT2D eigenvalue weighted by atomic mass is 9.91. The van der Waals surface area contributed by atoms with Gasteiger partial charge in [0.15, 0.2) is 11.5 Å². The van der Waals surface area contributed by atoms with Crippen LogP contribution in [-0.2, 0) is 11.2 Å². The van der Waals surface area contributed by atoms with Crippen molar-refractivity contribution in [3.63, 3.8) is 0 Å². The molecule has 1 aromatic rings. The van der Waals surface area contributed by atoms with Crippen LogP contribution in [0.5, 0.6) is 11.5 Å². The fraction of sp³-hybridized carbons (Fsp3) is 0.571. The summed E-state index contributed by atoms with van der Waals surface area (Å²) in [6.45, 7) is 1.95. The highest BCUT2D eigenvalue weighted by Gasteiger charge is 2.34. The molecule has 2 bridgehead atoms. The molecular formula is C14H19NO3. The molecule has 3 rings (SSSR count). The summed E-state index contributed by atoms with van der Waals surface area (Å²) >= 11 is 0. The van der Waals surface area contributed by atoms with Crippen molar-refractivity contribution in [2.45, 2.75) is 18.6 Å². The van der Waals surface area contributed by atoms with E-state index < -0.39 is 0 Å². The van der Waals surface area contributed by atoms with Crippen molar-refractivity contribution in [1.82, 2.24) is 4.90 Å². The van der Waals surface area contributed by atoms with Crippen molar-refractivity contribution >= 4 is 0 Å². The molecule has 4 nitrogen and oxygen atoms in total. The lowest BCUT2D eigenvalue weighted by Crippen LogP contribution is -2.45. The van der Waals surface area contributed by atoms with Crippen LogP contribution in [0, 0.1) is 0 Å². The van der Waals surface area contributed by atoms with Crippen LogP contribution in [0.1, 0.15) is 17.2 Å². The summed E-state index contributed by atoms with van der Waals surface area (Å²) in [5, 5.41) is 0. The number of hydrogen-bond acceptors (Lipinski definition) is 4. The molecule has 1 saturated heterocycles. The van der Waals surface area contributed by atoms with Crippen LogP contribution >= 0.6 is 0 Å². The fourth-order valence-electron chi connectivity index (χ4n) is 2.97. The van der Waals surface area contributed by atoms with Crippen LogP contribution in [-0.4, -0.2) is 45.4 Å². The number of hydrogen-bond donors (Lipinski definition) is 0. The van der Waals surface area contributed by atoms with Crippen molar-refractivity contribution < 1.29 is 14.2 Å². The van der Waals surface area contributed by atoms with Crippen LogP contribution in [0.3, 0.4) is 0 Å². The summed E-state index contributed by atoms with van der Waals surface area (Å²) in [6, 6.07) is 4.16. The fourth-order valence-corrected chi connectivity index (χ4v) is 2.97. The van der Waals surface area contributed by atoms with Gasteiger partial charge in [0.05, 0.1) is 26.4 Å². The van der Waals surface area contributed by atoms with Crippen molar-refractivity contribution in [2.75, 3.05) is 34.4 Å². The molecule has 98 valence electrons. The molecular weight excluding hydrogens is 230 g/mol. The minimum absolute atomic E-state index is 0.164. The van der Waals surface area contributed by atoms with Gasteiger partial charge in [0.25, 0.3) is 0 Å². The molecule has 0 N–H and O–H groups in total. The number of rotatable bonds is 2. The molecule has 1 fully saturated rings. The quantitative estimate of drug-likeness (QED) is 0.797. The highest BCUT2D eigenvalue weighted by atomic mass is 16.5. The van der Waals surface area contributed by atoms with E-state index in [9.17, 15) is 0 Å². The molecule has 2 aliphatic heterocycles. The van der Waals surface area contributed by atoms with Crippen LogP contribution in [0.15, 0.2) is 12.1 Å². The van der Waals surface area contributed by atoms with E-state index in [1.165, 1.54) is 11.1 Å². The Kier molecular flexibility index (Phi) is 2.92. The summed E-state index contributed by atoms with van der Waals surface area (Å²) in [7, 11) is 5.50. The van der Waals surface area contributed by atoms with Crippen LogP contribution in [0.25, 0.3) is 0 Å². The zero-order chi connectivity index (χ0) is 12.7. The molecule has 0 radical (unpaired) electrons. The normalized spacial score (nSPS) is 26.6. The van der Waals surface area contributed by atoms with Crippen LogP contribution < -0.4 is 9.47 Å². The Morgan fingerprint density at radius 1 is 1.17 bits per heavy atom. The third-order valence-electron chi connectivity index (χ3n) is 3.79. The Hall–Kier alpha value is -1.26. The molecule has 0 saturated carbocycles. The van der Waals surface area contributed by atoms with Gasteiger partial charge >= 0.3 is 0 Å². The number of likely N-dealkylation sites (N-methyl/N-ethyl adjacent to an activating group) is 1. The van der Waals surface area contributed by atoms with Gasteiger partial charge in [0.1, 0.15) is 0 Å². The zero-order valence-corrected chi connectivity index (χ0v) is 11.1. The Labute approximate surface area is 107 Å². The van der Waals surface area contributed by atoms with Gasteiger partial charge in [-0.05, 0) is 30.3 Å². The van der Waals surface area contributed by atoms with E-state index in [2.05, 4.69) is 24.1 Å². The minimum atomic E-state index is 0.164. The molecule has 18 heavy (non-hydrogen) atoms. The summed E-state index contributed by atoms with van der Waals surface area (Å²) < 4.78 is 16.8. The Morgan fingerprint density at radius 3 is 2.61 bits per heavy atom. The first-order valence-electron chi connectivity index (χ1n) is 6.30. The second-order valence-electron chi connectivity index (χ2n) is 5.08. The monoisotopic (exact) mass is 249 g/mol. The smallest absolute Gasteiger partial charge is 0.161 e. The van der Waals surface area contributed by atoms with Gasteiger partial charge in [-0.15, -0.1) is 0 Å². The van der Waals surface area contributed by atoms with E-state index >= 15 is 0 Å². The number of ether oxygens (including phenoxy) is 3. The molecule has 2 aliphatic rings. The topological polar surface area (TPSA) is 30.9 Å². The maximum atomic E-state index is 6.05. The lowest BCUT2D eigenvalue weighted by molar-refractivity contribution is -0.0897. The Balaban J connectivity index is 2.03. The van der Waals surface area contributed by atoms with Crippen molar-refractivity contribution in [3.8, 4) is 11.5 Å². The highest BCUT2D eigenvalue weighted by molar-refractivity contribution is 5.49. The SMILES string of the molecule is COc1cc2c(cc1OC)[C@H]1CN(C)C[C@@H](C2)O1. The number of nitrogens with zero attached hydrogens (tertiary/aromatic N) is 1. The second kappa shape index (κ2) is 4.44. The highest BCUT2D eigenvalue weighted by Crippen LogP contribution is 2.40. The first-order chi connectivity index (χ1) is 8.71. The summed E-state index contributed by atoms with van der Waals surface area (Å²) in [6.07, 6.45) is 1.42. The predicted molar refractivity (Wildman–Crippen MR) is 68.4 cm³/mol. The first kappa shape index (κ1) is 11.8. The van der Waals surface area contributed by atoms with Crippen LogP contribution in [0.4, 0.5) is 0 Å². The van der Waals surface area contributed by atoms with Gasteiger partial charge in [-0.2, -0.15) is 0 Å². The molecule has 0 spiro atoms. The second-order valence-corrected chi connectivity index (χ2v) is 5.08. The number of methoxy groups -OCH3 is 2. The van der Waals surface area contributed by atoms with Gasteiger partial charge < -0.3 is 19.1 Å². The van der Waals surface area contributed by atoms with E-state index in [0.717, 1.165) is 31.0 Å². The standard InChI is InChI=1S/C14H19NO3/c1-15-7-10-4-9-5-12(16-2)13(17-3)6-11(9)14(8-15)18-10/h5-6,10,14H,4,7-8H2,1-3H3/t10-,14-/m1/s1. The maximum absolute atomic E-state index is 6.05. The number of morpholine rings is 1. The largest absolute Gasteiger partial charge is 0.493 e. The van der Waals surface area contributed by atoms with Crippen LogP contribution in [0.2, 0.25) is 0 Å². The number of fused-ring (bicyclic) bond motifs is 4. The molecule has 1 aromatic carbocycles. The van der Waals surface area contributed by atoms with E-state index in [0.29, 0.717) is 6.10 Å². The van der Waals surface area contributed by atoms with E-state index in [1.54, 1.807) is 14.2 Å². The summed E-state index contributed by atoms with van der Waals surface area (Å²) in [4.78, 5) is 2.33. The first-order valence-corrected chi connectivity index (χ1v) is 6.30. The third kappa shape index (κ3) is 1.85. The van der Waals surface area contributed by atoms with Gasteiger partial charge in [0.2, 0.25) is 0 Å². The average Bonchev–Trinajstić information content (AvgIpc) is 2.36. The lowest BCUT2D eigenvalue weighted by Gasteiger charge is -2.41. The molecule has 4 heteroatoms. The van der Waals surface area contributed by atoms with Crippen molar-refractivity contribution in [2.24, 2.45) is 0 Å². The molecule has 2 atom stereocenters. The van der Waals surface area contributed by atoms with Crippen molar-refractivity contribution in [3.05, 3.63) is 23.3 Å². The average molecular weight is 249 g/mol. The third-order valence-corrected chi connectivity index (χ3v) is 3.79. The van der Waals surface area contributed by atoms with Gasteiger partial charge in [-0.1, -0.05) is 0 Å². The summed E-state index contributed by atoms with van der Waals surface area (Å²) in [5.41, 5.74) is 2.58. The molecule has 0 aliphatic carbocycles. The zero-order valence-electron chi connectivity index (χ0n) is 11.1. The van der Waals surface area contributed by atoms with E-state index in [4.69, 9.17) is 14.2 Å². The van der Waals surface area contributed by atoms with Gasteiger partial charge in [0, 0.05) is 19.5 Å². The predicted octanol–water partition coefficient (Wildman–Crippen LogP) is 1.63. The minimum Gasteiger partial charge on any atom is -0.493 e.